The molecule has 0 fully saturated rings. The standard InChI is InChI=1S/C24H19F2N5OS/c1-13-10-14(2)28-24(27-13)31-23-20(21(30-31)15-6-4-3-5-7-15)22(33-12-19(32)29-23)17-9-8-16(25)11-18(17)26/h3-11,22H,12H2,1-2H3,(H,29,32). The first-order valence-electron chi connectivity index (χ1n) is 10.3. The van der Waals surface area contributed by atoms with Crippen molar-refractivity contribution in [3.8, 4) is 17.2 Å². The minimum absolute atomic E-state index is 0.0953. The third-order valence-electron chi connectivity index (χ3n) is 5.28. The van der Waals surface area contributed by atoms with Gasteiger partial charge < -0.3 is 5.32 Å². The van der Waals surface area contributed by atoms with Crippen LogP contribution in [-0.2, 0) is 4.79 Å². The molecule has 0 saturated heterocycles. The average Bonchev–Trinajstić information content (AvgIpc) is 3.05. The van der Waals surface area contributed by atoms with E-state index in [0.29, 0.717) is 23.0 Å². The van der Waals surface area contributed by atoms with E-state index in [4.69, 9.17) is 5.10 Å². The van der Waals surface area contributed by atoms with E-state index in [2.05, 4.69) is 15.3 Å². The van der Waals surface area contributed by atoms with Gasteiger partial charge in [-0.15, -0.1) is 11.8 Å². The molecule has 1 N–H and O–H groups in total. The zero-order valence-electron chi connectivity index (χ0n) is 17.8. The molecule has 2 aromatic carbocycles. The van der Waals surface area contributed by atoms with E-state index >= 15 is 0 Å². The molecular weight excluding hydrogens is 444 g/mol. The molecule has 1 amide bonds. The fourth-order valence-electron chi connectivity index (χ4n) is 3.92. The number of fused-ring (bicyclic) bond motifs is 1. The van der Waals surface area contributed by atoms with E-state index in [9.17, 15) is 13.6 Å². The molecule has 1 atom stereocenters. The summed E-state index contributed by atoms with van der Waals surface area (Å²) in [6, 6.07) is 14.8. The number of hydrogen-bond donors (Lipinski definition) is 1. The van der Waals surface area contributed by atoms with E-state index in [1.54, 1.807) is 0 Å². The largest absolute Gasteiger partial charge is 0.309 e. The third kappa shape index (κ3) is 4.00. The predicted molar refractivity (Wildman–Crippen MR) is 123 cm³/mol. The molecule has 1 unspecified atom stereocenters. The summed E-state index contributed by atoms with van der Waals surface area (Å²) < 4.78 is 30.1. The average molecular weight is 464 g/mol. The number of hydrogen-bond acceptors (Lipinski definition) is 5. The molecule has 3 heterocycles. The summed E-state index contributed by atoms with van der Waals surface area (Å²) in [6.45, 7) is 3.70. The van der Waals surface area contributed by atoms with Crippen LogP contribution in [0.5, 0.6) is 0 Å². The normalized spacial score (nSPS) is 15.6. The van der Waals surface area contributed by atoms with Crippen LogP contribution >= 0.6 is 11.8 Å². The minimum Gasteiger partial charge on any atom is -0.309 e. The number of amides is 1. The maximum atomic E-state index is 14.9. The van der Waals surface area contributed by atoms with Gasteiger partial charge in [0.25, 0.3) is 5.95 Å². The highest BCUT2D eigenvalue weighted by Gasteiger charge is 2.34. The molecule has 0 saturated carbocycles. The topological polar surface area (TPSA) is 72.7 Å². The zero-order valence-corrected chi connectivity index (χ0v) is 18.7. The maximum Gasteiger partial charge on any atom is 0.252 e. The summed E-state index contributed by atoms with van der Waals surface area (Å²) in [6.07, 6.45) is 0. The molecule has 6 nitrogen and oxygen atoms in total. The molecule has 2 aromatic heterocycles. The van der Waals surface area contributed by atoms with Gasteiger partial charge in [-0.05, 0) is 26.0 Å². The molecule has 33 heavy (non-hydrogen) atoms. The highest BCUT2D eigenvalue weighted by molar-refractivity contribution is 8.00. The minimum atomic E-state index is -0.679. The maximum absolute atomic E-state index is 14.9. The lowest BCUT2D eigenvalue weighted by Crippen LogP contribution is -2.17. The van der Waals surface area contributed by atoms with Gasteiger partial charge in [0.2, 0.25) is 5.91 Å². The number of aromatic nitrogens is 4. The van der Waals surface area contributed by atoms with Crippen LogP contribution in [0.4, 0.5) is 14.6 Å². The summed E-state index contributed by atoms with van der Waals surface area (Å²) in [5.74, 6) is -0.817. The lowest BCUT2D eigenvalue weighted by molar-refractivity contribution is -0.113. The van der Waals surface area contributed by atoms with Gasteiger partial charge in [-0.3, -0.25) is 4.79 Å². The summed E-state index contributed by atoms with van der Waals surface area (Å²) in [5, 5.41) is 7.09. The lowest BCUT2D eigenvalue weighted by atomic mass is 9.99. The Morgan fingerprint density at radius 1 is 1.03 bits per heavy atom. The SMILES string of the molecule is Cc1cc(C)nc(-n2nc(-c3ccccc3)c3c2NC(=O)CSC3c2ccc(F)cc2F)n1. The van der Waals surface area contributed by atoms with E-state index in [1.807, 2.05) is 50.2 Å². The Morgan fingerprint density at radius 2 is 1.76 bits per heavy atom. The number of carbonyl (C=O) groups excluding carboxylic acids is 1. The van der Waals surface area contributed by atoms with Crippen LogP contribution in [0.25, 0.3) is 17.2 Å². The molecule has 0 aliphatic carbocycles. The molecule has 1 aliphatic rings. The second-order valence-electron chi connectivity index (χ2n) is 7.74. The van der Waals surface area contributed by atoms with Gasteiger partial charge in [-0.1, -0.05) is 36.4 Å². The first kappa shape index (κ1) is 21.3. The number of rotatable bonds is 3. The summed E-state index contributed by atoms with van der Waals surface area (Å²) in [7, 11) is 0. The first-order chi connectivity index (χ1) is 15.9. The van der Waals surface area contributed by atoms with Gasteiger partial charge in [0, 0.05) is 34.1 Å². The fourth-order valence-corrected chi connectivity index (χ4v) is 5.08. The van der Waals surface area contributed by atoms with Crippen molar-refractivity contribution < 1.29 is 13.6 Å². The predicted octanol–water partition coefficient (Wildman–Crippen LogP) is 5.00. The molecule has 9 heteroatoms. The second-order valence-corrected chi connectivity index (χ2v) is 8.84. The van der Waals surface area contributed by atoms with Crippen molar-refractivity contribution >= 4 is 23.5 Å². The Hall–Kier alpha value is -3.59. The number of halogens is 2. The van der Waals surface area contributed by atoms with Gasteiger partial charge in [0.05, 0.1) is 16.7 Å². The number of anilines is 1. The van der Waals surface area contributed by atoms with Gasteiger partial charge in [0.15, 0.2) is 0 Å². The second kappa shape index (κ2) is 8.40. The number of carbonyl (C=O) groups is 1. The summed E-state index contributed by atoms with van der Waals surface area (Å²) >= 11 is 1.26. The zero-order chi connectivity index (χ0) is 23.1. The smallest absolute Gasteiger partial charge is 0.252 e. The Bertz CT molecular complexity index is 1350. The van der Waals surface area contributed by atoms with Crippen molar-refractivity contribution in [3.63, 3.8) is 0 Å². The number of benzene rings is 2. The molecule has 166 valence electrons. The number of aryl methyl sites for hydroxylation is 2. The van der Waals surface area contributed by atoms with E-state index in [0.717, 1.165) is 23.0 Å². The summed E-state index contributed by atoms with van der Waals surface area (Å²) in [5.41, 5.74) is 3.75. The van der Waals surface area contributed by atoms with Crippen LogP contribution in [0.2, 0.25) is 0 Å². The number of thioether (sulfide) groups is 1. The number of nitrogens with zero attached hydrogens (tertiary/aromatic N) is 4. The van der Waals surface area contributed by atoms with Crippen molar-refractivity contribution in [1.29, 1.82) is 0 Å². The Labute approximate surface area is 193 Å². The van der Waals surface area contributed by atoms with Crippen LogP contribution < -0.4 is 5.32 Å². The lowest BCUT2D eigenvalue weighted by Gasteiger charge is -2.17. The first-order valence-corrected chi connectivity index (χ1v) is 11.3. The molecular formula is C24H19F2N5OS. The summed E-state index contributed by atoms with van der Waals surface area (Å²) in [4.78, 5) is 21.7. The van der Waals surface area contributed by atoms with Crippen molar-refractivity contribution in [2.45, 2.75) is 19.1 Å². The fraction of sp³-hybridized carbons (Fsp3) is 0.167. The van der Waals surface area contributed by atoms with Crippen LogP contribution in [0, 0.1) is 25.5 Å². The monoisotopic (exact) mass is 463 g/mol. The van der Waals surface area contributed by atoms with Gasteiger partial charge in [-0.2, -0.15) is 9.78 Å². The molecule has 0 spiro atoms. The van der Waals surface area contributed by atoms with Crippen LogP contribution in [0.1, 0.15) is 27.8 Å². The highest BCUT2D eigenvalue weighted by atomic mass is 32.2. The Kier molecular flexibility index (Phi) is 5.41. The molecule has 4 aromatic rings. The van der Waals surface area contributed by atoms with Gasteiger partial charge in [-0.25, -0.2) is 18.7 Å². The van der Waals surface area contributed by atoms with E-state index < -0.39 is 16.9 Å². The van der Waals surface area contributed by atoms with Crippen LogP contribution in [0.15, 0.2) is 54.6 Å². The van der Waals surface area contributed by atoms with Crippen LogP contribution in [0.3, 0.4) is 0 Å². The Morgan fingerprint density at radius 3 is 2.45 bits per heavy atom. The van der Waals surface area contributed by atoms with Crippen molar-refractivity contribution in [1.82, 2.24) is 19.7 Å². The van der Waals surface area contributed by atoms with E-state index in [1.165, 1.54) is 28.6 Å². The van der Waals surface area contributed by atoms with Crippen molar-refractivity contribution in [2.24, 2.45) is 0 Å². The molecule has 5 rings (SSSR count). The third-order valence-corrected chi connectivity index (χ3v) is 6.53. The van der Waals surface area contributed by atoms with E-state index in [-0.39, 0.29) is 17.2 Å². The highest BCUT2D eigenvalue weighted by Crippen LogP contribution is 2.47. The van der Waals surface area contributed by atoms with Crippen molar-refractivity contribution in [2.75, 3.05) is 11.1 Å². The Balaban J connectivity index is 1.82. The molecule has 0 bridgehead atoms. The quantitative estimate of drug-likeness (QED) is 0.463. The van der Waals surface area contributed by atoms with Crippen LogP contribution in [-0.4, -0.2) is 31.4 Å². The van der Waals surface area contributed by atoms with Gasteiger partial charge >= 0.3 is 0 Å². The van der Waals surface area contributed by atoms with Gasteiger partial charge in [0.1, 0.15) is 17.5 Å². The molecule has 1 aliphatic heterocycles. The van der Waals surface area contributed by atoms with Crippen molar-refractivity contribution in [3.05, 3.63) is 88.7 Å². The number of nitrogens with one attached hydrogen (secondary N) is 1. The molecule has 0 radical (unpaired) electrons.